The van der Waals surface area contributed by atoms with Crippen molar-refractivity contribution in [3.05, 3.63) is 64.1 Å². The number of carbonyl (C=O) groups is 1. The van der Waals surface area contributed by atoms with Crippen LogP contribution in [0.3, 0.4) is 0 Å². The molecule has 2 heterocycles. The van der Waals surface area contributed by atoms with Gasteiger partial charge in [-0.15, -0.1) is 10.2 Å². The van der Waals surface area contributed by atoms with E-state index in [1.54, 1.807) is 23.1 Å². The zero-order chi connectivity index (χ0) is 16.8. The Balaban J connectivity index is 1.67. The number of thiophene rings is 1. The van der Waals surface area contributed by atoms with Gasteiger partial charge in [-0.05, 0) is 34.2 Å². The second-order valence-electron chi connectivity index (χ2n) is 5.26. The van der Waals surface area contributed by atoms with Gasteiger partial charge in [0, 0.05) is 0 Å². The molecule has 0 spiro atoms. The summed E-state index contributed by atoms with van der Waals surface area (Å²) in [6, 6.07) is 12.1. The highest BCUT2D eigenvalue weighted by Gasteiger charge is 2.13. The molecule has 3 aromatic rings. The Morgan fingerprint density at radius 2 is 2.04 bits per heavy atom. The van der Waals surface area contributed by atoms with E-state index < -0.39 is 0 Å². The summed E-state index contributed by atoms with van der Waals surface area (Å²) in [6.45, 7) is 1.07. The zero-order valence-corrected chi connectivity index (χ0v) is 14.9. The van der Waals surface area contributed by atoms with E-state index in [4.69, 9.17) is 0 Å². The molecule has 0 unspecified atom stereocenters. The summed E-state index contributed by atoms with van der Waals surface area (Å²) in [4.78, 5) is 12.1. The molecule has 5 nitrogen and oxygen atoms in total. The van der Waals surface area contributed by atoms with Crippen LogP contribution in [0.15, 0.2) is 52.3 Å². The van der Waals surface area contributed by atoms with Gasteiger partial charge in [-0.1, -0.05) is 42.1 Å². The molecule has 2 aromatic heterocycles. The number of nitrogens with zero attached hydrogens (tertiary/aromatic N) is 3. The molecule has 0 fully saturated rings. The van der Waals surface area contributed by atoms with Crippen LogP contribution in [0.4, 0.5) is 0 Å². The van der Waals surface area contributed by atoms with Crippen molar-refractivity contribution in [2.24, 2.45) is 0 Å². The number of aromatic nitrogens is 3. The monoisotopic (exact) mass is 358 g/mol. The normalized spacial score (nSPS) is 10.7. The smallest absolute Gasteiger partial charge is 0.224 e. The van der Waals surface area contributed by atoms with E-state index in [1.807, 2.05) is 45.8 Å². The van der Waals surface area contributed by atoms with Gasteiger partial charge < -0.3 is 9.88 Å². The molecule has 24 heavy (non-hydrogen) atoms. The Morgan fingerprint density at radius 1 is 1.21 bits per heavy atom. The van der Waals surface area contributed by atoms with Crippen molar-refractivity contribution in [2.45, 2.75) is 24.7 Å². The summed E-state index contributed by atoms with van der Waals surface area (Å²) in [5, 5.41) is 16.2. The van der Waals surface area contributed by atoms with Crippen LogP contribution in [0.1, 0.15) is 17.0 Å². The van der Waals surface area contributed by atoms with E-state index in [9.17, 15) is 4.79 Å². The molecule has 0 saturated heterocycles. The summed E-state index contributed by atoms with van der Waals surface area (Å²) in [6.07, 6.45) is 2.37. The molecule has 0 saturated carbocycles. The molecule has 3 rings (SSSR count). The van der Waals surface area contributed by atoms with Gasteiger partial charge in [-0.25, -0.2) is 0 Å². The Morgan fingerprint density at radius 3 is 2.75 bits per heavy atom. The lowest BCUT2D eigenvalue weighted by atomic mass is 10.2. The van der Waals surface area contributed by atoms with Crippen LogP contribution < -0.4 is 5.32 Å². The number of carbonyl (C=O) groups excluding carboxylic acids is 1. The first-order valence-corrected chi connectivity index (χ1v) is 9.71. The van der Waals surface area contributed by atoms with Crippen molar-refractivity contribution in [1.29, 1.82) is 0 Å². The number of benzene rings is 1. The maximum Gasteiger partial charge on any atom is 0.224 e. The van der Waals surface area contributed by atoms with E-state index >= 15 is 0 Å². The summed E-state index contributed by atoms with van der Waals surface area (Å²) < 4.78 is 2.05. The molecule has 7 heteroatoms. The third-order valence-electron chi connectivity index (χ3n) is 3.55. The molecule has 1 amide bonds. The highest BCUT2D eigenvalue weighted by atomic mass is 32.2. The Labute approximate surface area is 149 Å². The van der Waals surface area contributed by atoms with Crippen LogP contribution in [0.25, 0.3) is 0 Å². The minimum absolute atomic E-state index is 0.00615. The molecule has 0 atom stereocenters. The molecular weight excluding hydrogens is 340 g/mol. The standard InChI is InChI=1S/C17H18N4OS2/c1-23-17-20-19-15(21(17)11-13-5-3-2-4-6-13)10-18-16(22)9-14-7-8-24-12-14/h2-8,12H,9-11H2,1H3,(H,18,22). The molecule has 0 radical (unpaired) electrons. The molecule has 124 valence electrons. The molecule has 0 aliphatic heterocycles. The first-order chi connectivity index (χ1) is 11.8. The van der Waals surface area contributed by atoms with E-state index in [0.717, 1.165) is 16.5 Å². The SMILES string of the molecule is CSc1nnc(CNC(=O)Cc2ccsc2)n1Cc1ccccc1. The lowest BCUT2D eigenvalue weighted by Gasteiger charge is -2.10. The summed E-state index contributed by atoms with van der Waals surface area (Å²) in [7, 11) is 0. The second-order valence-corrected chi connectivity index (χ2v) is 6.81. The molecular formula is C17H18N4OS2. The van der Waals surface area contributed by atoms with Gasteiger partial charge in [0.2, 0.25) is 5.91 Å². The fourth-order valence-corrected chi connectivity index (χ4v) is 3.53. The maximum absolute atomic E-state index is 12.1. The number of amides is 1. The summed E-state index contributed by atoms with van der Waals surface area (Å²) in [5.41, 5.74) is 2.21. The predicted molar refractivity (Wildman–Crippen MR) is 97.2 cm³/mol. The zero-order valence-electron chi connectivity index (χ0n) is 13.3. The van der Waals surface area contributed by atoms with Crippen molar-refractivity contribution >= 4 is 29.0 Å². The molecule has 0 aliphatic rings. The fraction of sp³-hybridized carbons (Fsp3) is 0.235. The summed E-state index contributed by atoms with van der Waals surface area (Å²) >= 11 is 3.15. The van der Waals surface area contributed by atoms with Crippen molar-refractivity contribution < 1.29 is 4.79 Å². The molecule has 1 aromatic carbocycles. The fourth-order valence-electron chi connectivity index (χ4n) is 2.34. The van der Waals surface area contributed by atoms with Gasteiger partial charge in [0.1, 0.15) is 0 Å². The van der Waals surface area contributed by atoms with Crippen LogP contribution >= 0.6 is 23.1 Å². The topological polar surface area (TPSA) is 59.8 Å². The van der Waals surface area contributed by atoms with Crippen LogP contribution in [-0.2, 0) is 24.3 Å². The Bertz CT molecular complexity index is 784. The Hall–Kier alpha value is -2.12. The van der Waals surface area contributed by atoms with Crippen LogP contribution in [0.5, 0.6) is 0 Å². The number of hydrogen-bond acceptors (Lipinski definition) is 5. The highest BCUT2D eigenvalue weighted by Crippen LogP contribution is 2.16. The predicted octanol–water partition coefficient (Wildman–Crippen LogP) is 2.97. The quantitative estimate of drug-likeness (QED) is 0.660. The molecule has 1 N–H and O–H groups in total. The van der Waals surface area contributed by atoms with Gasteiger partial charge in [0.25, 0.3) is 0 Å². The lowest BCUT2D eigenvalue weighted by molar-refractivity contribution is -0.120. The minimum Gasteiger partial charge on any atom is -0.349 e. The van der Waals surface area contributed by atoms with Crippen LogP contribution in [0.2, 0.25) is 0 Å². The maximum atomic E-state index is 12.1. The van der Waals surface area contributed by atoms with Crippen molar-refractivity contribution in [3.8, 4) is 0 Å². The van der Waals surface area contributed by atoms with Gasteiger partial charge in [-0.2, -0.15) is 11.3 Å². The Kier molecular flexibility index (Phi) is 5.66. The van der Waals surface area contributed by atoms with E-state index in [1.165, 1.54) is 5.56 Å². The number of rotatable bonds is 7. The van der Waals surface area contributed by atoms with E-state index in [-0.39, 0.29) is 5.91 Å². The van der Waals surface area contributed by atoms with Gasteiger partial charge >= 0.3 is 0 Å². The summed E-state index contributed by atoms with van der Waals surface area (Å²) in [5.74, 6) is 0.759. The highest BCUT2D eigenvalue weighted by molar-refractivity contribution is 7.98. The molecule has 0 bridgehead atoms. The lowest BCUT2D eigenvalue weighted by Crippen LogP contribution is -2.26. The van der Waals surface area contributed by atoms with Gasteiger partial charge in [0.05, 0.1) is 19.5 Å². The largest absolute Gasteiger partial charge is 0.349 e. The average Bonchev–Trinajstić information content (AvgIpc) is 3.24. The minimum atomic E-state index is -0.00615. The van der Waals surface area contributed by atoms with Crippen LogP contribution in [-0.4, -0.2) is 26.9 Å². The van der Waals surface area contributed by atoms with Gasteiger partial charge in [0.15, 0.2) is 11.0 Å². The number of hydrogen-bond donors (Lipinski definition) is 1. The first kappa shape index (κ1) is 16.7. The van der Waals surface area contributed by atoms with Crippen molar-refractivity contribution in [3.63, 3.8) is 0 Å². The second kappa shape index (κ2) is 8.12. The third-order valence-corrected chi connectivity index (χ3v) is 4.95. The van der Waals surface area contributed by atoms with E-state index in [2.05, 4.69) is 27.6 Å². The third kappa shape index (κ3) is 4.24. The molecule has 0 aliphatic carbocycles. The van der Waals surface area contributed by atoms with Gasteiger partial charge in [-0.3, -0.25) is 4.79 Å². The van der Waals surface area contributed by atoms with Crippen LogP contribution in [0, 0.1) is 0 Å². The van der Waals surface area contributed by atoms with Crippen molar-refractivity contribution in [1.82, 2.24) is 20.1 Å². The number of nitrogens with one attached hydrogen (secondary N) is 1. The average molecular weight is 358 g/mol. The van der Waals surface area contributed by atoms with E-state index in [0.29, 0.717) is 19.5 Å². The van der Waals surface area contributed by atoms with Crippen molar-refractivity contribution in [2.75, 3.05) is 6.26 Å². The number of thioether (sulfide) groups is 1. The first-order valence-electron chi connectivity index (χ1n) is 7.54.